The van der Waals surface area contributed by atoms with Crippen molar-refractivity contribution in [3.05, 3.63) is 24.3 Å². The number of nitrogens with zero attached hydrogens (tertiary/aromatic N) is 1. The highest BCUT2D eigenvalue weighted by atomic mass is 32.2. The molecule has 1 aromatic rings. The van der Waals surface area contributed by atoms with Gasteiger partial charge in [0.05, 0.1) is 17.9 Å². The lowest BCUT2D eigenvalue weighted by Crippen LogP contribution is -2.54. The van der Waals surface area contributed by atoms with Crippen LogP contribution in [0.2, 0.25) is 0 Å². The second kappa shape index (κ2) is 9.99. The van der Waals surface area contributed by atoms with E-state index in [-0.39, 0.29) is 35.2 Å². The lowest BCUT2D eigenvalue weighted by Gasteiger charge is -2.33. The molecule has 0 unspecified atom stereocenters. The Hall–Kier alpha value is -2.13. The Morgan fingerprint density at radius 2 is 1.87 bits per heavy atom. The number of piperidine rings is 1. The Balaban J connectivity index is 1.67. The molecule has 2 amide bonds. The largest absolute Gasteiger partial charge is 0.497 e. The van der Waals surface area contributed by atoms with Gasteiger partial charge in [-0.1, -0.05) is 20.3 Å². The van der Waals surface area contributed by atoms with Gasteiger partial charge in [-0.05, 0) is 55.9 Å². The molecule has 1 saturated carbocycles. The molecule has 2 aliphatic rings. The average molecular weight is 452 g/mol. The third-order valence-electron chi connectivity index (χ3n) is 6.17. The highest BCUT2D eigenvalue weighted by molar-refractivity contribution is 7.89. The summed E-state index contributed by atoms with van der Waals surface area (Å²) in [5, 5.41) is 5.88. The molecule has 1 heterocycles. The van der Waals surface area contributed by atoms with Crippen molar-refractivity contribution in [2.45, 2.75) is 62.9 Å². The van der Waals surface area contributed by atoms with Gasteiger partial charge in [-0.2, -0.15) is 4.31 Å². The average Bonchev–Trinajstić information content (AvgIpc) is 3.60. The maximum absolute atomic E-state index is 13.1. The Kier molecular flexibility index (Phi) is 7.59. The topological polar surface area (TPSA) is 105 Å². The Bertz CT molecular complexity index is 883. The van der Waals surface area contributed by atoms with Gasteiger partial charge in [-0.25, -0.2) is 8.42 Å². The fourth-order valence-electron chi connectivity index (χ4n) is 3.76. The second-order valence-corrected chi connectivity index (χ2v) is 10.5. The van der Waals surface area contributed by atoms with Crippen LogP contribution in [0.3, 0.4) is 0 Å². The Morgan fingerprint density at radius 3 is 2.45 bits per heavy atom. The van der Waals surface area contributed by atoms with E-state index in [4.69, 9.17) is 4.74 Å². The van der Waals surface area contributed by atoms with Crippen LogP contribution in [-0.4, -0.2) is 56.8 Å². The molecule has 2 N–H and O–H groups in total. The number of methoxy groups -OCH3 is 1. The summed E-state index contributed by atoms with van der Waals surface area (Å²) in [7, 11) is -2.19. The fourth-order valence-corrected chi connectivity index (χ4v) is 5.29. The zero-order valence-electron chi connectivity index (χ0n) is 18.5. The zero-order chi connectivity index (χ0) is 22.6. The van der Waals surface area contributed by atoms with E-state index in [0.29, 0.717) is 25.1 Å². The SMILES string of the molecule is CC[C@@H](C)[C@H](NC(=O)[C@@H]1CCCN(S(=O)(=O)c2ccc(OC)cc2)C1)C(=O)NC1CC1. The molecule has 2 fully saturated rings. The molecule has 31 heavy (non-hydrogen) atoms. The van der Waals surface area contributed by atoms with Gasteiger partial charge < -0.3 is 15.4 Å². The molecular weight excluding hydrogens is 418 g/mol. The lowest BCUT2D eigenvalue weighted by molar-refractivity contribution is -0.133. The smallest absolute Gasteiger partial charge is 0.243 e. The van der Waals surface area contributed by atoms with Crippen LogP contribution in [0.15, 0.2) is 29.2 Å². The summed E-state index contributed by atoms with van der Waals surface area (Å²) in [5.74, 6) is -0.322. The van der Waals surface area contributed by atoms with Crippen molar-refractivity contribution in [2.75, 3.05) is 20.2 Å². The molecule has 9 heteroatoms. The normalized spacial score (nSPS) is 21.7. The minimum atomic E-state index is -3.71. The van der Waals surface area contributed by atoms with Crippen molar-refractivity contribution < 1.29 is 22.7 Å². The minimum Gasteiger partial charge on any atom is -0.497 e. The van der Waals surface area contributed by atoms with E-state index in [1.165, 1.54) is 23.5 Å². The number of hydrogen-bond acceptors (Lipinski definition) is 5. The van der Waals surface area contributed by atoms with E-state index in [0.717, 1.165) is 19.3 Å². The predicted octanol–water partition coefficient (Wildman–Crippen LogP) is 1.91. The predicted molar refractivity (Wildman–Crippen MR) is 117 cm³/mol. The first-order chi connectivity index (χ1) is 14.8. The quantitative estimate of drug-likeness (QED) is 0.597. The van der Waals surface area contributed by atoms with Crippen molar-refractivity contribution in [1.82, 2.24) is 14.9 Å². The fraction of sp³-hybridized carbons (Fsp3) is 0.636. The summed E-state index contributed by atoms with van der Waals surface area (Å²) < 4.78 is 32.6. The van der Waals surface area contributed by atoms with Gasteiger partial charge in [0.25, 0.3) is 0 Å². The number of benzene rings is 1. The molecule has 0 bridgehead atoms. The summed E-state index contributed by atoms with van der Waals surface area (Å²) in [4.78, 5) is 25.8. The molecule has 1 aromatic carbocycles. The number of rotatable bonds is 9. The first kappa shape index (κ1) is 23.5. The lowest BCUT2D eigenvalue weighted by atomic mass is 9.95. The van der Waals surface area contributed by atoms with Crippen LogP contribution >= 0.6 is 0 Å². The van der Waals surface area contributed by atoms with Crippen LogP contribution in [0, 0.1) is 11.8 Å². The number of carbonyl (C=O) groups is 2. The molecule has 172 valence electrons. The molecule has 1 aliphatic carbocycles. The highest BCUT2D eigenvalue weighted by Crippen LogP contribution is 2.26. The summed E-state index contributed by atoms with van der Waals surface area (Å²) in [6.07, 6.45) is 3.90. The van der Waals surface area contributed by atoms with Gasteiger partial charge in [0.15, 0.2) is 0 Å². The summed E-state index contributed by atoms with van der Waals surface area (Å²) in [6, 6.07) is 5.85. The molecule has 0 spiro atoms. The molecule has 0 aromatic heterocycles. The van der Waals surface area contributed by atoms with Crippen molar-refractivity contribution in [2.24, 2.45) is 11.8 Å². The van der Waals surface area contributed by atoms with Crippen LogP contribution in [-0.2, 0) is 19.6 Å². The standard InChI is InChI=1S/C22H33N3O5S/c1-4-15(2)20(22(27)23-17-7-8-17)24-21(26)16-6-5-13-25(14-16)31(28,29)19-11-9-18(30-3)10-12-19/h9-12,15-17,20H,4-8,13-14H2,1-3H3,(H,23,27)(H,24,26)/t15-,16-,20+/m1/s1. The Morgan fingerprint density at radius 1 is 1.19 bits per heavy atom. The number of carbonyl (C=O) groups excluding carboxylic acids is 2. The number of amides is 2. The molecule has 1 saturated heterocycles. The van der Waals surface area contributed by atoms with E-state index < -0.39 is 22.0 Å². The summed E-state index contributed by atoms with van der Waals surface area (Å²) in [5.41, 5.74) is 0. The third-order valence-corrected chi connectivity index (χ3v) is 8.05. The van der Waals surface area contributed by atoms with Crippen LogP contribution in [0.25, 0.3) is 0 Å². The maximum Gasteiger partial charge on any atom is 0.243 e. The highest BCUT2D eigenvalue weighted by Gasteiger charge is 2.36. The number of nitrogens with one attached hydrogen (secondary N) is 2. The molecule has 8 nitrogen and oxygen atoms in total. The van der Waals surface area contributed by atoms with Crippen molar-refractivity contribution in [3.8, 4) is 5.75 Å². The van der Waals surface area contributed by atoms with Crippen LogP contribution < -0.4 is 15.4 Å². The minimum absolute atomic E-state index is 0.00887. The number of hydrogen-bond donors (Lipinski definition) is 2. The van der Waals surface area contributed by atoms with Crippen molar-refractivity contribution >= 4 is 21.8 Å². The second-order valence-electron chi connectivity index (χ2n) is 8.53. The van der Waals surface area contributed by atoms with Gasteiger partial charge in [-0.3, -0.25) is 9.59 Å². The molecule has 3 rings (SSSR count). The number of sulfonamides is 1. The van der Waals surface area contributed by atoms with E-state index in [1.54, 1.807) is 12.1 Å². The van der Waals surface area contributed by atoms with Gasteiger partial charge in [0.1, 0.15) is 11.8 Å². The molecule has 1 aliphatic heterocycles. The van der Waals surface area contributed by atoms with E-state index in [2.05, 4.69) is 10.6 Å². The zero-order valence-corrected chi connectivity index (χ0v) is 19.3. The van der Waals surface area contributed by atoms with Crippen molar-refractivity contribution in [1.29, 1.82) is 0 Å². The summed E-state index contributed by atoms with van der Waals surface area (Å²) in [6.45, 7) is 4.41. The molecule has 0 radical (unpaired) electrons. The first-order valence-corrected chi connectivity index (χ1v) is 12.4. The molecule has 3 atom stereocenters. The third kappa shape index (κ3) is 5.77. The van der Waals surface area contributed by atoms with Crippen LogP contribution in [0.1, 0.15) is 46.0 Å². The first-order valence-electron chi connectivity index (χ1n) is 11.0. The van der Waals surface area contributed by atoms with E-state index >= 15 is 0 Å². The van der Waals surface area contributed by atoms with Gasteiger partial charge in [0, 0.05) is 19.1 Å². The van der Waals surface area contributed by atoms with Crippen molar-refractivity contribution in [3.63, 3.8) is 0 Å². The number of ether oxygens (including phenoxy) is 1. The molecular formula is C22H33N3O5S. The van der Waals surface area contributed by atoms with Crippen LogP contribution in [0.4, 0.5) is 0 Å². The summed E-state index contributed by atoms with van der Waals surface area (Å²) >= 11 is 0. The Labute approximate surface area is 184 Å². The van der Waals surface area contributed by atoms with Crippen LogP contribution in [0.5, 0.6) is 5.75 Å². The van der Waals surface area contributed by atoms with Gasteiger partial charge in [-0.15, -0.1) is 0 Å². The maximum atomic E-state index is 13.1. The monoisotopic (exact) mass is 451 g/mol. The van der Waals surface area contributed by atoms with Gasteiger partial charge in [0.2, 0.25) is 21.8 Å². The van der Waals surface area contributed by atoms with Gasteiger partial charge >= 0.3 is 0 Å². The van der Waals surface area contributed by atoms with E-state index in [1.807, 2.05) is 13.8 Å². The van der Waals surface area contributed by atoms with E-state index in [9.17, 15) is 18.0 Å².